The number of nitrogens with one attached hydrogen (secondary N) is 1. The highest BCUT2D eigenvalue weighted by atomic mass is 16.6. The van der Waals surface area contributed by atoms with Gasteiger partial charge in [-0.15, -0.1) is 0 Å². The molecule has 1 aromatic carbocycles. The van der Waals surface area contributed by atoms with Crippen LogP contribution in [0, 0.1) is 10.1 Å². The third-order valence-electron chi connectivity index (χ3n) is 3.31. The molecule has 0 aliphatic carbocycles. The molecule has 10 heteroatoms. The maximum Gasteiger partial charge on any atom is 0.344 e. The highest BCUT2D eigenvalue weighted by molar-refractivity contribution is 5.91. The number of ether oxygens (including phenoxy) is 2. The molecular formula is C17H19N3O7. The lowest BCUT2D eigenvalue weighted by Gasteiger charge is -2.12. The van der Waals surface area contributed by atoms with Gasteiger partial charge in [-0.05, 0) is 6.07 Å². The zero-order valence-electron chi connectivity index (χ0n) is 15.1. The van der Waals surface area contributed by atoms with Crippen molar-refractivity contribution in [2.24, 2.45) is 0 Å². The number of nitro benzene ring substituents is 1. The molecule has 1 heterocycles. The molecule has 1 aromatic heterocycles. The Hall–Kier alpha value is -3.43. The summed E-state index contributed by atoms with van der Waals surface area (Å²) < 4.78 is 14.8. The standard InChI is InChI=1S/C17H19N3O7/c1-17(2,3)13-8-15(27-19-13)18-14(21)9-26-16(22)10-25-12-7-5-4-6-11(12)20(23)24/h4-8H,9-10H2,1-3H3,(H,18,21). The highest BCUT2D eigenvalue weighted by Crippen LogP contribution is 2.25. The van der Waals surface area contributed by atoms with Crippen molar-refractivity contribution in [3.63, 3.8) is 0 Å². The molecule has 10 nitrogen and oxygen atoms in total. The van der Waals surface area contributed by atoms with Crippen LogP contribution in [-0.2, 0) is 19.7 Å². The molecule has 0 saturated heterocycles. The van der Waals surface area contributed by atoms with Gasteiger partial charge in [-0.3, -0.25) is 20.2 Å². The normalized spacial score (nSPS) is 10.9. The Labute approximate surface area is 154 Å². The van der Waals surface area contributed by atoms with E-state index in [4.69, 9.17) is 14.0 Å². The molecular weight excluding hydrogens is 358 g/mol. The number of hydrogen-bond donors (Lipinski definition) is 1. The Balaban J connectivity index is 1.79. The molecule has 0 radical (unpaired) electrons. The Morgan fingerprint density at radius 2 is 1.96 bits per heavy atom. The molecule has 0 atom stereocenters. The van der Waals surface area contributed by atoms with Crippen molar-refractivity contribution in [2.75, 3.05) is 18.5 Å². The summed E-state index contributed by atoms with van der Waals surface area (Å²) in [5, 5.41) is 17.1. The summed E-state index contributed by atoms with van der Waals surface area (Å²) in [6, 6.07) is 7.19. The van der Waals surface area contributed by atoms with Crippen LogP contribution in [0.1, 0.15) is 26.5 Å². The van der Waals surface area contributed by atoms with E-state index in [1.54, 1.807) is 6.07 Å². The number of hydrogen-bond acceptors (Lipinski definition) is 8. The van der Waals surface area contributed by atoms with Crippen LogP contribution in [0.2, 0.25) is 0 Å². The Morgan fingerprint density at radius 1 is 1.26 bits per heavy atom. The predicted molar refractivity (Wildman–Crippen MR) is 93.4 cm³/mol. The predicted octanol–water partition coefficient (Wildman–Crippen LogP) is 2.44. The lowest BCUT2D eigenvalue weighted by atomic mass is 9.92. The summed E-state index contributed by atoms with van der Waals surface area (Å²) in [4.78, 5) is 33.7. The second-order valence-corrected chi connectivity index (χ2v) is 6.55. The molecule has 2 aromatic rings. The fourth-order valence-corrected chi connectivity index (χ4v) is 1.92. The SMILES string of the molecule is CC(C)(C)c1cc(NC(=O)COC(=O)COc2ccccc2[N+](=O)[O-])on1. The Kier molecular flexibility index (Phi) is 6.11. The minimum Gasteiger partial charge on any atom is -0.475 e. The van der Waals surface area contributed by atoms with Gasteiger partial charge < -0.3 is 14.0 Å². The molecule has 144 valence electrons. The molecule has 0 bridgehead atoms. The number of rotatable bonds is 7. The van der Waals surface area contributed by atoms with Gasteiger partial charge in [-0.2, -0.15) is 0 Å². The van der Waals surface area contributed by atoms with E-state index in [1.807, 2.05) is 20.8 Å². The third-order valence-corrected chi connectivity index (χ3v) is 3.31. The van der Waals surface area contributed by atoms with E-state index < -0.39 is 30.0 Å². The van der Waals surface area contributed by atoms with E-state index in [0.29, 0.717) is 5.69 Å². The first-order valence-electron chi connectivity index (χ1n) is 7.95. The number of carbonyl (C=O) groups is 2. The first-order valence-corrected chi connectivity index (χ1v) is 7.95. The van der Waals surface area contributed by atoms with Crippen molar-refractivity contribution in [3.05, 3.63) is 46.1 Å². The number of carbonyl (C=O) groups excluding carboxylic acids is 2. The van der Waals surface area contributed by atoms with Crippen LogP contribution in [-0.4, -0.2) is 35.2 Å². The number of benzene rings is 1. The maximum atomic E-state index is 11.8. The fourth-order valence-electron chi connectivity index (χ4n) is 1.92. The summed E-state index contributed by atoms with van der Waals surface area (Å²) >= 11 is 0. The minimum atomic E-state index is -0.851. The smallest absolute Gasteiger partial charge is 0.344 e. The minimum absolute atomic E-state index is 0.0692. The number of para-hydroxylation sites is 2. The van der Waals surface area contributed by atoms with Gasteiger partial charge >= 0.3 is 11.7 Å². The molecule has 27 heavy (non-hydrogen) atoms. The molecule has 0 unspecified atom stereocenters. The van der Waals surface area contributed by atoms with Crippen molar-refractivity contribution >= 4 is 23.4 Å². The number of nitrogens with zero attached hydrogens (tertiary/aromatic N) is 2. The van der Waals surface area contributed by atoms with Crippen LogP contribution < -0.4 is 10.1 Å². The quantitative estimate of drug-likeness (QED) is 0.442. The fraction of sp³-hybridized carbons (Fsp3) is 0.353. The molecule has 1 N–H and O–H groups in total. The first-order chi connectivity index (χ1) is 12.7. The van der Waals surface area contributed by atoms with Gasteiger partial charge in [0, 0.05) is 17.5 Å². The molecule has 2 rings (SSSR count). The van der Waals surface area contributed by atoms with Crippen molar-refractivity contribution in [3.8, 4) is 5.75 Å². The van der Waals surface area contributed by atoms with E-state index in [1.165, 1.54) is 24.3 Å². The Morgan fingerprint density at radius 3 is 2.59 bits per heavy atom. The zero-order chi connectivity index (χ0) is 20.0. The van der Waals surface area contributed by atoms with E-state index in [-0.39, 0.29) is 22.7 Å². The zero-order valence-corrected chi connectivity index (χ0v) is 15.1. The summed E-state index contributed by atoms with van der Waals surface area (Å²) in [6.07, 6.45) is 0. The van der Waals surface area contributed by atoms with Gasteiger partial charge in [-0.1, -0.05) is 38.1 Å². The van der Waals surface area contributed by atoms with Crippen LogP contribution in [0.4, 0.5) is 11.6 Å². The number of aromatic nitrogens is 1. The number of esters is 1. The summed E-state index contributed by atoms with van der Waals surface area (Å²) in [7, 11) is 0. The maximum absolute atomic E-state index is 11.8. The van der Waals surface area contributed by atoms with Crippen LogP contribution in [0.3, 0.4) is 0 Å². The molecule has 1 amide bonds. The van der Waals surface area contributed by atoms with Crippen LogP contribution >= 0.6 is 0 Å². The molecule has 0 fully saturated rings. The van der Waals surface area contributed by atoms with Crippen LogP contribution in [0.15, 0.2) is 34.9 Å². The summed E-state index contributed by atoms with van der Waals surface area (Å²) in [5.74, 6) is -1.40. The Bertz CT molecular complexity index is 839. The topological polar surface area (TPSA) is 134 Å². The highest BCUT2D eigenvalue weighted by Gasteiger charge is 2.20. The van der Waals surface area contributed by atoms with Crippen molar-refractivity contribution in [1.82, 2.24) is 5.16 Å². The van der Waals surface area contributed by atoms with Crippen molar-refractivity contribution in [2.45, 2.75) is 26.2 Å². The second-order valence-electron chi connectivity index (χ2n) is 6.55. The van der Waals surface area contributed by atoms with E-state index in [0.717, 1.165) is 0 Å². The first kappa shape index (κ1) is 19.9. The monoisotopic (exact) mass is 377 g/mol. The van der Waals surface area contributed by atoms with Gasteiger partial charge in [0.25, 0.3) is 5.91 Å². The van der Waals surface area contributed by atoms with Crippen molar-refractivity contribution < 1.29 is 28.5 Å². The number of nitro groups is 1. The lowest BCUT2D eigenvalue weighted by Crippen LogP contribution is -2.23. The van der Waals surface area contributed by atoms with Gasteiger partial charge in [-0.25, -0.2) is 4.79 Å². The molecule has 0 aliphatic rings. The molecule has 0 spiro atoms. The summed E-state index contributed by atoms with van der Waals surface area (Å²) in [6.45, 7) is 4.68. The second kappa shape index (κ2) is 8.30. The van der Waals surface area contributed by atoms with Gasteiger partial charge in [0.15, 0.2) is 19.0 Å². The average Bonchev–Trinajstić information content (AvgIpc) is 3.07. The molecule has 0 aliphatic heterocycles. The van der Waals surface area contributed by atoms with E-state index >= 15 is 0 Å². The van der Waals surface area contributed by atoms with Crippen molar-refractivity contribution in [1.29, 1.82) is 0 Å². The number of anilines is 1. The lowest BCUT2D eigenvalue weighted by molar-refractivity contribution is -0.385. The van der Waals surface area contributed by atoms with E-state index in [9.17, 15) is 19.7 Å². The van der Waals surface area contributed by atoms with Crippen LogP contribution in [0.5, 0.6) is 5.75 Å². The van der Waals surface area contributed by atoms with Gasteiger partial charge in [0.05, 0.1) is 10.6 Å². The van der Waals surface area contributed by atoms with E-state index in [2.05, 4.69) is 10.5 Å². The summed E-state index contributed by atoms with van der Waals surface area (Å²) in [5.41, 5.74) is 0.145. The van der Waals surface area contributed by atoms with Gasteiger partial charge in [0.2, 0.25) is 5.88 Å². The molecule has 0 saturated carbocycles. The third kappa shape index (κ3) is 5.80. The number of amides is 1. The van der Waals surface area contributed by atoms with Crippen LogP contribution in [0.25, 0.3) is 0 Å². The average molecular weight is 377 g/mol. The van der Waals surface area contributed by atoms with Gasteiger partial charge in [0.1, 0.15) is 0 Å². The largest absolute Gasteiger partial charge is 0.475 e.